The minimum absolute atomic E-state index is 0.0188. The summed E-state index contributed by atoms with van der Waals surface area (Å²) in [5.41, 5.74) is 5.78. The Bertz CT molecular complexity index is 1050. The number of ether oxygens (including phenoxy) is 3. The maximum atomic E-state index is 13.1. The van der Waals surface area contributed by atoms with Crippen molar-refractivity contribution < 1.29 is 19.0 Å². The number of rotatable bonds is 10. The maximum Gasteiger partial charge on any atom is 0.330 e. The average molecular weight is 432 g/mol. The van der Waals surface area contributed by atoms with Gasteiger partial charge in [0.15, 0.2) is 17.2 Å². The maximum absolute atomic E-state index is 13.1. The van der Waals surface area contributed by atoms with Gasteiger partial charge in [-0.25, -0.2) is 4.79 Å². The molecule has 1 aliphatic heterocycles. The number of amides is 1. The number of carbonyl (C=O) groups excluding carboxylic acids is 1. The largest absolute Gasteiger partial charge is 0.454 e. The minimum atomic E-state index is -0.692. The normalized spacial score (nSPS) is 12.2. The van der Waals surface area contributed by atoms with Gasteiger partial charge in [0, 0.05) is 26.6 Å². The molecule has 0 aliphatic carbocycles. The number of carbonyl (C=O) groups is 1. The molecular weight excluding hydrogens is 404 g/mol. The number of benzene rings is 1. The zero-order chi connectivity index (χ0) is 22.4. The van der Waals surface area contributed by atoms with E-state index in [1.807, 2.05) is 19.1 Å². The van der Waals surface area contributed by atoms with E-state index < -0.39 is 11.2 Å². The fourth-order valence-electron chi connectivity index (χ4n) is 3.40. The molecule has 0 saturated carbocycles. The Labute approximate surface area is 179 Å². The first-order valence-electron chi connectivity index (χ1n) is 10.3. The topological polar surface area (TPSA) is 129 Å². The molecule has 0 spiro atoms. The Morgan fingerprint density at radius 2 is 2.06 bits per heavy atom. The van der Waals surface area contributed by atoms with Gasteiger partial charge in [-0.1, -0.05) is 19.4 Å². The highest BCUT2D eigenvalue weighted by molar-refractivity contribution is 5.95. The standard InChI is InChI=1S/C21H28N4O6/c1-3-4-9-25-19(22)18(20(27)23-21(25)28)24(10-11-29-2)17(26)8-6-14-5-7-15-16(12-14)31-13-30-15/h5,7,12H,3-4,6,8-11,13,22H2,1-2H3,(H,23,27,28). The highest BCUT2D eigenvalue weighted by atomic mass is 16.7. The van der Waals surface area contributed by atoms with Crippen molar-refractivity contribution in [2.24, 2.45) is 0 Å². The summed E-state index contributed by atoms with van der Waals surface area (Å²) in [7, 11) is 1.50. The molecule has 0 atom stereocenters. The Hall–Kier alpha value is -3.27. The lowest BCUT2D eigenvalue weighted by Crippen LogP contribution is -2.42. The molecule has 10 nitrogen and oxygen atoms in total. The predicted molar refractivity (Wildman–Crippen MR) is 116 cm³/mol. The van der Waals surface area contributed by atoms with Crippen LogP contribution >= 0.6 is 0 Å². The van der Waals surface area contributed by atoms with Crippen molar-refractivity contribution in [3.05, 3.63) is 44.6 Å². The quantitative estimate of drug-likeness (QED) is 0.578. The lowest BCUT2D eigenvalue weighted by molar-refractivity contribution is -0.118. The van der Waals surface area contributed by atoms with Crippen molar-refractivity contribution in [2.45, 2.75) is 39.2 Å². The number of methoxy groups -OCH3 is 1. The molecule has 0 saturated heterocycles. The van der Waals surface area contributed by atoms with Crippen molar-refractivity contribution in [1.82, 2.24) is 9.55 Å². The molecule has 1 amide bonds. The minimum Gasteiger partial charge on any atom is -0.454 e. The van der Waals surface area contributed by atoms with Crippen LogP contribution in [0.25, 0.3) is 0 Å². The second-order valence-corrected chi connectivity index (χ2v) is 7.22. The third-order valence-corrected chi connectivity index (χ3v) is 5.10. The molecule has 0 radical (unpaired) electrons. The van der Waals surface area contributed by atoms with Crippen molar-refractivity contribution in [3.63, 3.8) is 0 Å². The van der Waals surface area contributed by atoms with Gasteiger partial charge in [0.05, 0.1) is 6.61 Å². The average Bonchev–Trinajstić information content (AvgIpc) is 3.22. The molecule has 0 fully saturated rings. The molecule has 0 bridgehead atoms. The number of nitrogen functional groups attached to an aromatic ring is 1. The predicted octanol–water partition coefficient (Wildman–Crippen LogP) is 1.26. The van der Waals surface area contributed by atoms with Gasteiger partial charge in [0.1, 0.15) is 5.82 Å². The third-order valence-electron chi connectivity index (χ3n) is 5.10. The summed E-state index contributed by atoms with van der Waals surface area (Å²) in [6.07, 6.45) is 2.14. The molecule has 1 aromatic heterocycles. The van der Waals surface area contributed by atoms with Gasteiger partial charge in [-0.05, 0) is 30.5 Å². The molecular formula is C21H28N4O6. The van der Waals surface area contributed by atoms with Gasteiger partial charge in [-0.2, -0.15) is 0 Å². The van der Waals surface area contributed by atoms with Crippen LogP contribution in [-0.4, -0.2) is 42.5 Å². The smallest absolute Gasteiger partial charge is 0.330 e. The number of aryl methyl sites for hydroxylation is 1. The van der Waals surface area contributed by atoms with Crippen LogP contribution in [0, 0.1) is 0 Å². The summed E-state index contributed by atoms with van der Waals surface area (Å²) in [6, 6.07) is 5.50. The van der Waals surface area contributed by atoms with Crippen LogP contribution < -0.4 is 31.4 Å². The van der Waals surface area contributed by atoms with E-state index in [-0.39, 0.29) is 43.8 Å². The number of hydrogen-bond donors (Lipinski definition) is 2. The van der Waals surface area contributed by atoms with Gasteiger partial charge in [0.2, 0.25) is 12.7 Å². The van der Waals surface area contributed by atoms with E-state index in [1.165, 1.54) is 16.6 Å². The van der Waals surface area contributed by atoms with E-state index in [2.05, 4.69) is 4.98 Å². The van der Waals surface area contributed by atoms with Crippen molar-refractivity contribution in [1.29, 1.82) is 0 Å². The van der Waals surface area contributed by atoms with Gasteiger partial charge in [0.25, 0.3) is 5.56 Å². The Morgan fingerprint density at radius 1 is 1.29 bits per heavy atom. The number of unbranched alkanes of at least 4 members (excludes halogenated alkanes) is 1. The number of hydrogen-bond acceptors (Lipinski definition) is 7. The Balaban J connectivity index is 1.84. The van der Waals surface area contributed by atoms with Crippen LogP contribution in [0.3, 0.4) is 0 Å². The number of anilines is 2. The second kappa shape index (κ2) is 10.2. The van der Waals surface area contributed by atoms with E-state index in [0.717, 1.165) is 12.0 Å². The molecule has 1 aromatic carbocycles. The summed E-state index contributed by atoms with van der Waals surface area (Å²) in [5.74, 6) is 0.998. The van der Waals surface area contributed by atoms with Crippen LogP contribution in [0.1, 0.15) is 31.7 Å². The van der Waals surface area contributed by atoms with Gasteiger partial charge >= 0.3 is 5.69 Å². The van der Waals surface area contributed by atoms with E-state index in [1.54, 1.807) is 6.07 Å². The fourth-order valence-corrected chi connectivity index (χ4v) is 3.40. The Kier molecular flexibility index (Phi) is 7.35. The molecule has 10 heteroatoms. The van der Waals surface area contributed by atoms with Crippen molar-refractivity contribution in [3.8, 4) is 11.5 Å². The van der Waals surface area contributed by atoms with E-state index in [0.29, 0.717) is 30.9 Å². The summed E-state index contributed by atoms with van der Waals surface area (Å²) in [4.78, 5) is 41.5. The van der Waals surface area contributed by atoms with Crippen LogP contribution in [0.4, 0.5) is 11.5 Å². The zero-order valence-corrected chi connectivity index (χ0v) is 17.8. The summed E-state index contributed by atoms with van der Waals surface area (Å²) < 4.78 is 17.1. The van der Waals surface area contributed by atoms with Gasteiger partial charge in [-0.3, -0.25) is 19.1 Å². The highest BCUT2D eigenvalue weighted by Gasteiger charge is 2.24. The van der Waals surface area contributed by atoms with Crippen LogP contribution in [0.5, 0.6) is 11.5 Å². The number of nitrogens with two attached hydrogens (primary N) is 1. The van der Waals surface area contributed by atoms with Crippen LogP contribution in [-0.2, 0) is 22.5 Å². The van der Waals surface area contributed by atoms with Crippen molar-refractivity contribution in [2.75, 3.05) is 37.7 Å². The van der Waals surface area contributed by atoms with E-state index >= 15 is 0 Å². The summed E-state index contributed by atoms with van der Waals surface area (Å²) in [6.45, 7) is 2.86. The SMILES string of the molecule is CCCCn1c(N)c(N(CCOC)C(=O)CCc2ccc3c(c2)OCO3)c(=O)[nH]c1=O. The molecule has 3 N–H and O–H groups in total. The first kappa shape index (κ1) is 22.4. The Morgan fingerprint density at radius 3 is 2.81 bits per heavy atom. The van der Waals surface area contributed by atoms with E-state index in [9.17, 15) is 14.4 Å². The van der Waals surface area contributed by atoms with Gasteiger partial charge < -0.3 is 24.8 Å². The van der Waals surface area contributed by atoms with Crippen LogP contribution in [0.15, 0.2) is 27.8 Å². The number of H-pyrrole nitrogens is 1. The molecule has 31 heavy (non-hydrogen) atoms. The molecule has 3 rings (SSSR count). The highest BCUT2D eigenvalue weighted by Crippen LogP contribution is 2.32. The summed E-state index contributed by atoms with van der Waals surface area (Å²) in [5, 5.41) is 0. The van der Waals surface area contributed by atoms with E-state index in [4.69, 9.17) is 19.9 Å². The number of aromatic amines is 1. The van der Waals surface area contributed by atoms with Crippen LogP contribution in [0.2, 0.25) is 0 Å². The third kappa shape index (κ3) is 5.08. The lowest BCUT2D eigenvalue weighted by Gasteiger charge is -2.24. The molecule has 1 aliphatic rings. The molecule has 168 valence electrons. The first-order valence-corrected chi connectivity index (χ1v) is 10.3. The number of nitrogens with one attached hydrogen (secondary N) is 1. The molecule has 2 aromatic rings. The second-order valence-electron chi connectivity index (χ2n) is 7.22. The summed E-state index contributed by atoms with van der Waals surface area (Å²) >= 11 is 0. The number of fused-ring (bicyclic) bond motifs is 1. The monoisotopic (exact) mass is 432 g/mol. The van der Waals surface area contributed by atoms with Gasteiger partial charge in [-0.15, -0.1) is 0 Å². The van der Waals surface area contributed by atoms with Crippen molar-refractivity contribution >= 4 is 17.4 Å². The molecule has 2 heterocycles. The fraction of sp³-hybridized carbons (Fsp3) is 0.476. The zero-order valence-electron chi connectivity index (χ0n) is 17.8. The number of aromatic nitrogens is 2. The number of nitrogens with zero attached hydrogens (tertiary/aromatic N) is 2. The lowest BCUT2D eigenvalue weighted by atomic mass is 10.1. The molecule has 0 unspecified atom stereocenters. The first-order chi connectivity index (χ1) is 15.0.